The molecule has 1 aromatic rings. The van der Waals surface area contributed by atoms with E-state index >= 15 is 0 Å². The fraction of sp³-hybridized carbons (Fsp3) is 0.692. The topological polar surface area (TPSA) is 56.2 Å². The normalized spacial score (nSPS) is 14.2. The molecule has 0 aliphatic rings. The van der Waals surface area contributed by atoms with Crippen LogP contribution in [-0.2, 0) is 16.1 Å². The summed E-state index contributed by atoms with van der Waals surface area (Å²) in [7, 11) is 1.42. The first-order valence-corrected chi connectivity index (χ1v) is 6.34. The number of aryl methyl sites for hydroxylation is 2. The Hall–Kier alpha value is -1.36. The highest BCUT2D eigenvalue weighted by Gasteiger charge is 2.33. The van der Waals surface area contributed by atoms with Gasteiger partial charge in [0.2, 0.25) is 0 Å². The second-order valence-corrected chi connectivity index (χ2v) is 4.78. The maximum Gasteiger partial charge on any atom is 0.325 e. The van der Waals surface area contributed by atoms with Gasteiger partial charge in [0.15, 0.2) is 0 Å². The molecule has 1 heterocycles. The van der Waals surface area contributed by atoms with Crippen molar-refractivity contribution in [2.45, 2.75) is 45.7 Å². The third-order valence-electron chi connectivity index (χ3n) is 3.00. The van der Waals surface area contributed by atoms with E-state index in [0.717, 1.165) is 18.5 Å². The van der Waals surface area contributed by atoms with Gasteiger partial charge in [0, 0.05) is 12.7 Å². The van der Waals surface area contributed by atoms with Crippen LogP contribution in [0.3, 0.4) is 0 Å². The number of carbonyl (C=O) groups is 1. The number of aromatic nitrogens is 2. The van der Waals surface area contributed by atoms with Gasteiger partial charge in [0.25, 0.3) is 0 Å². The minimum absolute atomic E-state index is 0.222. The highest BCUT2D eigenvalue weighted by Crippen LogP contribution is 2.13. The Morgan fingerprint density at radius 1 is 1.61 bits per heavy atom. The molecule has 5 nitrogen and oxygen atoms in total. The monoisotopic (exact) mass is 253 g/mol. The summed E-state index contributed by atoms with van der Waals surface area (Å²) in [6.45, 7) is 7.44. The van der Waals surface area contributed by atoms with Crippen LogP contribution in [0.4, 0.5) is 0 Å². The van der Waals surface area contributed by atoms with Crippen LogP contribution in [0.25, 0.3) is 0 Å². The van der Waals surface area contributed by atoms with Crippen LogP contribution in [0.2, 0.25) is 0 Å². The Morgan fingerprint density at radius 3 is 2.83 bits per heavy atom. The molecular formula is C13H23N3O2. The van der Waals surface area contributed by atoms with E-state index in [2.05, 4.69) is 17.3 Å². The molecular weight excluding hydrogens is 230 g/mol. The van der Waals surface area contributed by atoms with Crippen LogP contribution < -0.4 is 5.32 Å². The molecule has 0 radical (unpaired) electrons. The molecule has 0 aromatic carbocycles. The summed E-state index contributed by atoms with van der Waals surface area (Å²) in [6, 6.07) is 0. The third kappa shape index (κ3) is 3.84. The second kappa shape index (κ2) is 6.54. The van der Waals surface area contributed by atoms with Crippen LogP contribution in [0.5, 0.6) is 0 Å². The molecule has 0 bridgehead atoms. The van der Waals surface area contributed by atoms with Crippen molar-refractivity contribution in [2.75, 3.05) is 13.7 Å². The highest BCUT2D eigenvalue weighted by atomic mass is 16.5. The zero-order chi connectivity index (χ0) is 13.6. The largest absolute Gasteiger partial charge is 0.468 e. The zero-order valence-electron chi connectivity index (χ0n) is 11.7. The van der Waals surface area contributed by atoms with Crippen LogP contribution in [0.15, 0.2) is 12.4 Å². The van der Waals surface area contributed by atoms with Crippen molar-refractivity contribution in [1.82, 2.24) is 15.1 Å². The van der Waals surface area contributed by atoms with Crippen molar-refractivity contribution in [3.63, 3.8) is 0 Å². The van der Waals surface area contributed by atoms with Gasteiger partial charge >= 0.3 is 5.97 Å². The number of nitrogens with one attached hydrogen (secondary N) is 1. The molecule has 1 atom stereocenters. The van der Waals surface area contributed by atoms with Gasteiger partial charge in [-0.25, -0.2) is 0 Å². The van der Waals surface area contributed by atoms with Gasteiger partial charge in [-0.3, -0.25) is 9.48 Å². The maximum absolute atomic E-state index is 11.9. The Kier molecular flexibility index (Phi) is 5.34. The average Bonchev–Trinajstić information content (AvgIpc) is 2.78. The molecule has 102 valence electrons. The lowest BCUT2D eigenvalue weighted by atomic mass is 9.97. The maximum atomic E-state index is 11.9. The van der Waals surface area contributed by atoms with Gasteiger partial charge in [-0.05, 0) is 38.8 Å². The molecule has 0 aliphatic heterocycles. The highest BCUT2D eigenvalue weighted by molar-refractivity contribution is 5.80. The van der Waals surface area contributed by atoms with Gasteiger partial charge < -0.3 is 10.1 Å². The first-order valence-electron chi connectivity index (χ1n) is 6.34. The summed E-state index contributed by atoms with van der Waals surface area (Å²) < 4.78 is 6.73. The lowest BCUT2D eigenvalue weighted by Gasteiger charge is -2.27. The molecule has 1 unspecified atom stereocenters. The minimum atomic E-state index is -0.648. The van der Waals surface area contributed by atoms with E-state index in [1.807, 2.05) is 30.9 Å². The van der Waals surface area contributed by atoms with Crippen molar-refractivity contribution in [3.05, 3.63) is 18.0 Å². The molecule has 1 N–H and O–H groups in total. The summed E-state index contributed by atoms with van der Waals surface area (Å²) in [4.78, 5) is 11.9. The smallest absolute Gasteiger partial charge is 0.325 e. The molecule has 0 aliphatic carbocycles. The van der Waals surface area contributed by atoms with Crippen LogP contribution in [0, 0.1) is 6.92 Å². The Labute approximate surface area is 109 Å². The molecule has 0 spiro atoms. The molecule has 5 heteroatoms. The van der Waals surface area contributed by atoms with E-state index in [-0.39, 0.29) is 5.97 Å². The van der Waals surface area contributed by atoms with Crippen molar-refractivity contribution in [2.24, 2.45) is 0 Å². The van der Waals surface area contributed by atoms with Crippen LogP contribution in [0.1, 0.15) is 32.3 Å². The van der Waals surface area contributed by atoms with Crippen molar-refractivity contribution >= 4 is 5.97 Å². The lowest BCUT2D eigenvalue weighted by molar-refractivity contribution is -0.148. The number of carbonyl (C=O) groups excluding carboxylic acids is 1. The lowest BCUT2D eigenvalue weighted by Crippen LogP contribution is -2.51. The number of hydrogen-bond donors (Lipinski definition) is 1. The quantitative estimate of drug-likeness (QED) is 0.748. The number of nitrogens with zero attached hydrogens (tertiary/aromatic N) is 2. The SMILES string of the molecule is CCCNC(C)(CCn1cc(C)cn1)C(=O)OC. The minimum Gasteiger partial charge on any atom is -0.468 e. The van der Waals surface area contributed by atoms with E-state index in [1.165, 1.54) is 7.11 Å². The van der Waals surface area contributed by atoms with Crippen LogP contribution >= 0.6 is 0 Å². The fourth-order valence-electron chi connectivity index (χ4n) is 1.82. The zero-order valence-corrected chi connectivity index (χ0v) is 11.7. The number of esters is 1. The van der Waals surface area contributed by atoms with Crippen molar-refractivity contribution in [1.29, 1.82) is 0 Å². The van der Waals surface area contributed by atoms with E-state index in [9.17, 15) is 4.79 Å². The second-order valence-electron chi connectivity index (χ2n) is 4.78. The molecule has 0 fully saturated rings. The molecule has 0 amide bonds. The first kappa shape index (κ1) is 14.7. The molecule has 0 saturated heterocycles. The molecule has 1 aromatic heterocycles. The number of rotatable bonds is 7. The summed E-state index contributed by atoms with van der Waals surface area (Å²) in [6.07, 6.45) is 5.42. The summed E-state index contributed by atoms with van der Waals surface area (Å²) in [5, 5.41) is 7.48. The third-order valence-corrected chi connectivity index (χ3v) is 3.00. The fourth-order valence-corrected chi connectivity index (χ4v) is 1.82. The standard InChI is InChI=1S/C13H23N3O2/c1-5-7-14-13(3,12(17)18-4)6-8-16-10-11(2)9-15-16/h9-10,14H,5-8H2,1-4H3. The summed E-state index contributed by atoms with van der Waals surface area (Å²) in [5.74, 6) is -0.222. The van der Waals surface area contributed by atoms with E-state index in [0.29, 0.717) is 13.0 Å². The number of hydrogen-bond acceptors (Lipinski definition) is 4. The molecule has 0 saturated carbocycles. The van der Waals surface area contributed by atoms with Gasteiger partial charge in [-0.1, -0.05) is 6.92 Å². The number of ether oxygens (including phenoxy) is 1. The van der Waals surface area contributed by atoms with Gasteiger partial charge in [-0.15, -0.1) is 0 Å². The average molecular weight is 253 g/mol. The van der Waals surface area contributed by atoms with Crippen molar-refractivity contribution < 1.29 is 9.53 Å². The first-order chi connectivity index (χ1) is 8.51. The Balaban J connectivity index is 2.63. The summed E-state index contributed by atoms with van der Waals surface area (Å²) in [5.41, 5.74) is 0.473. The van der Waals surface area contributed by atoms with Crippen molar-refractivity contribution in [3.8, 4) is 0 Å². The van der Waals surface area contributed by atoms with Gasteiger partial charge in [-0.2, -0.15) is 5.10 Å². The predicted molar refractivity (Wildman–Crippen MR) is 70.3 cm³/mol. The Bertz CT molecular complexity index is 389. The van der Waals surface area contributed by atoms with Gasteiger partial charge in [0.1, 0.15) is 5.54 Å². The van der Waals surface area contributed by atoms with E-state index < -0.39 is 5.54 Å². The van der Waals surface area contributed by atoms with Gasteiger partial charge in [0.05, 0.1) is 13.3 Å². The summed E-state index contributed by atoms with van der Waals surface area (Å²) >= 11 is 0. The van der Waals surface area contributed by atoms with Crippen LogP contribution in [-0.4, -0.2) is 34.9 Å². The van der Waals surface area contributed by atoms with E-state index in [4.69, 9.17) is 4.74 Å². The molecule has 18 heavy (non-hydrogen) atoms. The predicted octanol–water partition coefficient (Wildman–Crippen LogP) is 1.51. The molecule has 1 rings (SSSR count). The Morgan fingerprint density at radius 2 is 2.33 bits per heavy atom. The van der Waals surface area contributed by atoms with E-state index in [1.54, 1.807) is 0 Å². The number of methoxy groups -OCH3 is 1.